The number of aryl methyl sites for hydroxylation is 2. The molecule has 5 nitrogen and oxygen atoms in total. The Bertz CT molecular complexity index is 929. The maximum atomic E-state index is 13.9. The third kappa shape index (κ3) is 5.76. The number of aromatic nitrogens is 1. The van der Waals surface area contributed by atoms with Crippen molar-refractivity contribution >= 4 is 22.6 Å². The summed E-state index contributed by atoms with van der Waals surface area (Å²) < 4.78 is 19.2. The van der Waals surface area contributed by atoms with Crippen molar-refractivity contribution in [3.05, 3.63) is 34.5 Å². The second-order valence-electron chi connectivity index (χ2n) is 9.69. The first-order valence-corrected chi connectivity index (χ1v) is 12.1. The lowest BCUT2D eigenvalue weighted by atomic mass is 9.86. The molecule has 2 N–H and O–H groups in total. The number of fused-ring (bicyclic) bond motifs is 3. The first-order valence-electron chi connectivity index (χ1n) is 11.3. The molecule has 0 atom stereocenters. The molecule has 1 saturated carbocycles. The van der Waals surface area contributed by atoms with E-state index in [1.54, 1.807) is 23.5 Å². The highest BCUT2D eigenvalue weighted by Crippen LogP contribution is 2.38. The molecule has 0 spiro atoms. The lowest BCUT2D eigenvalue weighted by molar-refractivity contribution is 0.0515. The largest absolute Gasteiger partial charge is 0.444 e. The van der Waals surface area contributed by atoms with Crippen LogP contribution in [0.15, 0.2) is 18.2 Å². The van der Waals surface area contributed by atoms with Crippen LogP contribution in [0.5, 0.6) is 0 Å². The third-order valence-electron chi connectivity index (χ3n) is 5.98. The van der Waals surface area contributed by atoms with E-state index in [-0.39, 0.29) is 11.9 Å². The molecule has 2 aliphatic carbocycles. The molecule has 1 aromatic carbocycles. The van der Waals surface area contributed by atoms with E-state index < -0.39 is 5.60 Å². The molecule has 31 heavy (non-hydrogen) atoms. The van der Waals surface area contributed by atoms with Crippen LogP contribution in [0, 0.1) is 11.7 Å². The highest BCUT2D eigenvalue weighted by atomic mass is 32.1. The normalized spacial score (nSPS) is 20.9. The van der Waals surface area contributed by atoms with Crippen molar-refractivity contribution in [1.82, 2.24) is 10.3 Å². The number of hydrogen-bond acceptors (Lipinski definition) is 5. The number of rotatable bonds is 4. The zero-order valence-corrected chi connectivity index (χ0v) is 19.4. The number of benzene rings is 1. The Morgan fingerprint density at radius 3 is 2.74 bits per heavy atom. The molecule has 2 aromatic rings. The molecule has 1 aromatic heterocycles. The van der Waals surface area contributed by atoms with Crippen molar-refractivity contribution in [1.29, 1.82) is 0 Å². The van der Waals surface area contributed by atoms with E-state index in [0.717, 1.165) is 61.3 Å². The number of carbonyl (C=O) groups is 1. The van der Waals surface area contributed by atoms with Crippen LogP contribution in [0.2, 0.25) is 0 Å². The number of ether oxygens (including phenoxy) is 1. The topological polar surface area (TPSA) is 63.2 Å². The number of hydrogen-bond donors (Lipinski definition) is 2. The van der Waals surface area contributed by atoms with E-state index in [4.69, 9.17) is 9.72 Å². The Labute approximate surface area is 187 Å². The molecule has 0 saturated heterocycles. The quantitative estimate of drug-likeness (QED) is 0.612. The van der Waals surface area contributed by atoms with Crippen LogP contribution in [0.4, 0.5) is 14.3 Å². The fourth-order valence-electron chi connectivity index (χ4n) is 4.45. The number of anilines is 1. The molecular weight excluding hydrogens is 413 g/mol. The number of amides is 1. The molecule has 168 valence electrons. The molecule has 1 amide bonds. The number of alkyl carbamates (subject to hydrolysis) is 1. The van der Waals surface area contributed by atoms with Gasteiger partial charge in [0.1, 0.15) is 11.4 Å². The first kappa shape index (κ1) is 22.1. The molecule has 0 unspecified atom stereocenters. The van der Waals surface area contributed by atoms with Crippen molar-refractivity contribution in [2.24, 2.45) is 5.92 Å². The van der Waals surface area contributed by atoms with Gasteiger partial charge in [-0.2, -0.15) is 0 Å². The molecule has 4 rings (SSSR count). The number of carbonyl (C=O) groups excluding carboxylic acids is 1. The summed E-state index contributed by atoms with van der Waals surface area (Å²) in [6, 6.07) is 5.47. The Kier molecular flexibility index (Phi) is 6.51. The summed E-state index contributed by atoms with van der Waals surface area (Å²) in [6.07, 6.45) is 6.93. The van der Waals surface area contributed by atoms with Crippen LogP contribution in [0.3, 0.4) is 0 Å². The SMILES string of the molecule is CC(C)(C)OC(=O)NC[C@H]1CC[C@H](Nc2nc3c(s2)CCCc2ccc(F)cc2-3)CC1. The number of nitrogens with zero attached hydrogens (tertiary/aromatic N) is 1. The van der Waals surface area contributed by atoms with Gasteiger partial charge in [0.25, 0.3) is 0 Å². The monoisotopic (exact) mass is 445 g/mol. The minimum Gasteiger partial charge on any atom is -0.444 e. The maximum absolute atomic E-state index is 13.9. The zero-order valence-electron chi connectivity index (χ0n) is 18.6. The van der Waals surface area contributed by atoms with Crippen LogP contribution in [0.1, 0.15) is 63.3 Å². The molecular formula is C24H32FN3O2S. The van der Waals surface area contributed by atoms with Gasteiger partial charge in [-0.25, -0.2) is 14.2 Å². The molecule has 1 fully saturated rings. The van der Waals surface area contributed by atoms with Gasteiger partial charge in [-0.1, -0.05) is 6.07 Å². The number of thiazole rings is 1. The fraction of sp³-hybridized carbons (Fsp3) is 0.583. The maximum Gasteiger partial charge on any atom is 0.407 e. The number of halogens is 1. The summed E-state index contributed by atoms with van der Waals surface area (Å²) in [5.74, 6) is 0.279. The molecule has 2 aliphatic rings. The highest BCUT2D eigenvalue weighted by Gasteiger charge is 2.25. The lowest BCUT2D eigenvalue weighted by Crippen LogP contribution is -2.37. The molecule has 0 bridgehead atoms. The van der Waals surface area contributed by atoms with Gasteiger partial charge in [0, 0.05) is 23.0 Å². The summed E-state index contributed by atoms with van der Waals surface area (Å²) in [7, 11) is 0. The smallest absolute Gasteiger partial charge is 0.407 e. The van der Waals surface area contributed by atoms with Crippen LogP contribution in [-0.2, 0) is 17.6 Å². The van der Waals surface area contributed by atoms with E-state index in [2.05, 4.69) is 10.6 Å². The van der Waals surface area contributed by atoms with E-state index in [9.17, 15) is 9.18 Å². The minimum absolute atomic E-state index is 0.201. The summed E-state index contributed by atoms with van der Waals surface area (Å²) >= 11 is 1.71. The molecule has 0 aliphatic heterocycles. The summed E-state index contributed by atoms with van der Waals surface area (Å²) in [5, 5.41) is 7.47. The second kappa shape index (κ2) is 9.15. The van der Waals surface area contributed by atoms with Gasteiger partial charge in [-0.15, -0.1) is 11.3 Å². The van der Waals surface area contributed by atoms with Crippen LogP contribution >= 0.6 is 11.3 Å². The van der Waals surface area contributed by atoms with Gasteiger partial charge in [0.2, 0.25) is 0 Å². The van der Waals surface area contributed by atoms with Crippen molar-refractivity contribution in [3.63, 3.8) is 0 Å². The predicted octanol–water partition coefficient (Wildman–Crippen LogP) is 5.93. The standard InChI is InChI=1S/C24H32FN3O2S/c1-24(2,3)30-23(29)26-14-15-7-11-18(12-8-15)27-22-28-21-19-13-17(25)10-9-16(19)5-4-6-20(21)31-22/h9-10,13,15,18H,4-8,11-12,14H2,1-3H3,(H,26,29)(H,27,28)/t15-,18-. The van der Waals surface area contributed by atoms with E-state index in [1.165, 1.54) is 10.4 Å². The highest BCUT2D eigenvalue weighted by molar-refractivity contribution is 7.16. The molecule has 7 heteroatoms. The summed E-state index contributed by atoms with van der Waals surface area (Å²) in [4.78, 5) is 18.0. The lowest BCUT2D eigenvalue weighted by Gasteiger charge is -2.29. The third-order valence-corrected chi connectivity index (χ3v) is 7.03. The Morgan fingerprint density at radius 2 is 2.00 bits per heavy atom. The second-order valence-corrected chi connectivity index (χ2v) is 10.8. The van der Waals surface area contributed by atoms with Crippen LogP contribution in [-0.4, -0.2) is 29.3 Å². The number of nitrogens with one attached hydrogen (secondary N) is 2. The van der Waals surface area contributed by atoms with Gasteiger partial charge in [0.15, 0.2) is 5.13 Å². The Balaban J connectivity index is 1.31. The van der Waals surface area contributed by atoms with Crippen molar-refractivity contribution in [2.45, 2.75) is 77.4 Å². The zero-order chi connectivity index (χ0) is 22.0. The van der Waals surface area contributed by atoms with E-state index >= 15 is 0 Å². The van der Waals surface area contributed by atoms with Gasteiger partial charge in [-0.3, -0.25) is 0 Å². The van der Waals surface area contributed by atoms with Gasteiger partial charge in [0.05, 0.1) is 5.69 Å². The fourth-order valence-corrected chi connectivity index (χ4v) is 5.54. The summed E-state index contributed by atoms with van der Waals surface area (Å²) in [6.45, 7) is 6.28. The molecule has 0 radical (unpaired) electrons. The van der Waals surface area contributed by atoms with Gasteiger partial charge >= 0.3 is 6.09 Å². The summed E-state index contributed by atoms with van der Waals surface area (Å²) in [5.41, 5.74) is 2.63. The van der Waals surface area contributed by atoms with Crippen molar-refractivity contribution < 1.29 is 13.9 Å². The average molecular weight is 446 g/mol. The Morgan fingerprint density at radius 1 is 1.23 bits per heavy atom. The predicted molar refractivity (Wildman–Crippen MR) is 123 cm³/mol. The van der Waals surface area contributed by atoms with Crippen molar-refractivity contribution in [2.75, 3.05) is 11.9 Å². The van der Waals surface area contributed by atoms with E-state index in [0.29, 0.717) is 18.5 Å². The van der Waals surface area contributed by atoms with Crippen LogP contribution in [0.25, 0.3) is 11.3 Å². The van der Waals surface area contributed by atoms with Gasteiger partial charge in [-0.05, 0) is 89.3 Å². The van der Waals surface area contributed by atoms with E-state index in [1.807, 2.05) is 26.8 Å². The first-order chi connectivity index (χ1) is 14.8. The molecule has 1 heterocycles. The van der Waals surface area contributed by atoms with Crippen molar-refractivity contribution in [3.8, 4) is 11.3 Å². The Hall–Kier alpha value is -2.15. The van der Waals surface area contributed by atoms with Gasteiger partial charge < -0.3 is 15.4 Å². The minimum atomic E-state index is -0.468. The van der Waals surface area contributed by atoms with Crippen LogP contribution < -0.4 is 10.6 Å². The average Bonchev–Trinajstić information content (AvgIpc) is 3.02.